The predicted octanol–water partition coefficient (Wildman–Crippen LogP) is 9.30. The van der Waals surface area contributed by atoms with Crippen molar-refractivity contribution in [2.45, 2.75) is 125 Å². The number of nitrogens with two attached hydrogens (primary N) is 1. The minimum atomic E-state index is -0.584. The number of hydrogen-bond acceptors (Lipinski definition) is 22. The Kier molecular flexibility index (Phi) is 59.4. The average Bonchev–Trinajstić information content (AvgIpc) is 3.76. The van der Waals surface area contributed by atoms with Gasteiger partial charge in [-0.1, -0.05) is 61.8 Å². The predicted molar refractivity (Wildman–Crippen MR) is 321 cm³/mol. The number of phenols is 1. The molecule has 28 heteroatoms. The van der Waals surface area contributed by atoms with Crippen molar-refractivity contribution in [1.82, 2.24) is 14.5 Å². The van der Waals surface area contributed by atoms with Crippen LogP contribution in [0.2, 0.25) is 0 Å². The Morgan fingerprint density at radius 3 is 1.71 bits per heavy atom. The van der Waals surface area contributed by atoms with E-state index in [4.69, 9.17) is 45.3 Å². The van der Waals surface area contributed by atoms with Gasteiger partial charge in [-0.25, -0.2) is 0 Å². The molecule has 25 nitrogen and oxygen atoms in total. The summed E-state index contributed by atoms with van der Waals surface area (Å²) in [6.07, 6.45) is 3.18. The molecule has 0 aromatic heterocycles. The van der Waals surface area contributed by atoms with Crippen molar-refractivity contribution in [1.29, 1.82) is 0 Å². The summed E-state index contributed by atoms with van der Waals surface area (Å²) in [7, 11) is 6.30. The molecule has 2 aromatic rings. The number of esters is 3. The zero-order valence-corrected chi connectivity index (χ0v) is 55.0. The van der Waals surface area contributed by atoms with Gasteiger partial charge >= 0.3 is 17.9 Å². The maximum atomic E-state index is 12.4. The second-order valence-corrected chi connectivity index (χ2v) is 18.4. The van der Waals surface area contributed by atoms with Crippen molar-refractivity contribution < 1.29 is 105 Å². The minimum absolute atomic E-state index is 0. The molecule has 1 aliphatic heterocycles. The van der Waals surface area contributed by atoms with E-state index in [1.165, 1.54) is 20.3 Å². The standard InChI is InChI=1S/C30H33NO11.C9H18N4O2.C9H16N3O2.C2H6.C2H4.2CH5NS.CH3.Y/c1-39-26-16-20(7-10-24(26)35)14-23(34)17-21(32)9-6-19-8-11-25(27(15-19)40-2)42-30(38)5-3-4-22(33)18-41-31-28(36)12-13-29(31)37;1-9(2,4-3-6-12-13-11)8(14)15-7-5-10;1-4-14-8(13)9(2,3)6-5-7-11-12-10;2*1-2;2*1-2-3;;/h7-8,10-11,15-16,35H,3-6,9,12-14,17-18H2,1-2H3;3-7,10H2,1-2H3;1,4-7H2,2-3H3;1-2H3;1-2H2;2*2-3H,1H3;1H3;/q;;-1;;;;;-1;. The van der Waals surface area contributed by atoms with Crippen LogP contribution < -0.4 is 29.4 Å². The molecule has 1 heterocycles. The van der Waals surface area contributed by atoms with Crippen molar-refractivity contribution in [3.05, 3.63) is 95.9 Å². The van der Waals surface area contributed by atoms with Crippen LogP contribution in [0, 0.1) is 25.2 Å². The molecule has 467 valence electrons. The van der Waals surface area contributed by atoms with E-state index in [1.807, 2.05) is 27.7 Å². The van der Waals surface area contributed by atoms with E-state index in [0.29, 0.717) is 62.4 Å². The van der Waals surface area contributed by atoms with Crippen LogP contribution in [-0.2, 0) is 98.2 Å². The quantitative estimate of drug-likeness (QED) is 0.00362. The first-order valence-corrected chi connectivity index (χ1v) is 26.6. The summed E-state index contributed by atoms with van der Waals surface area (Å²) >= 11 is 7.08. The monoisotopic (exact) mass is 1280 g/mol. The summed E-state index contributed by atoms with van der Waals surface area (Å²) in [5.41, 5.74) is 21.7. The van der Waals surface area contributed by atoms with Gasteiger partial charge in [-0.3, -0.25) is 52.6 Å². The molecule has 1 radical (unpaired) electrons. The molecule has 83 heavy (non-hydrogen) atoms. The molecule has 0 bridgehead atoms. The number of imide groups is 1. The SMILES string of the molecule is C=C.CC.CC(C)(CCCN=[N+]=[N-])C(=O)OCCN.CNS.CNS.COc1cc(CC(=O)CC(=O)CCc2ccc(OC(=O)CCCC(=O)CON3C(=O)CCC3=O)c(OC)c2)ccc1O.[CH2-]COC(=O)C(C)(C)CCCN=[N+]=[N-].[CH3-].[Y]. The van der Waals surface area contributed by atoms with Gasteiger partial charge < -0.3 is 48.9 Å². The largest absolute Gasteiger partial charge is 0.504 e. The van der Waals surface area contributed by atoms with Crippen molar-refractivity contribution in [3.8, 4) is 23.0 Å². The van der Waals surface area contributed by atoms with E-state index in [1.54, 1.807) is 58.3 Å². The number of azide groups is 2. The third kappa shape index (κ3) is 43.7. The number of carbonyl (C=O) groups excluding carboxylic acids is 8. The Bertz CT molecular complexity index is 2290. The minimum Gasteiger partial charge on any atom is -0.504 e. The Hall–Kier alpha value is -5.60. The van der Waals surface area contributed by atoms with Gasteiger partial charge in [0.1, 0.15) is 24.8 Å². The topological polar surface area (TPSA) is 363 Å². The number of phenolic OH excluding ortho intramolecular Hbond substituents is 1. The molecule has 5 N–H and O–H groups in total. The second-order valence-electron chi connectivity index (χ2n) is 17.5. The average molecular weight is 1280 g/mol. The maximum Gasteiger partial charge on any atom is 0.311 e. The van der Waals surface area contributed by atoms with Gasteiger partial charge in [0.15, 0.2) is 28.8 Å². The number of rotatable bonds is 30. The fourth-order valence-electron chi connectivity index (χ4n) is 6.29. The molecule has 1 saturated heterocycles. The molecule has 0 spiro atoms. The molecule has 0 aliphatic carbocycles. The third-order valence-corrected chi connectivity index (χ3v) is 10.3. The van der Waals surface area contributed by atoms with E-state index >= 15 is 0 Å². The second kappa shape index (κ2) is 55.6. The normalized spacial score (nSPS) is 10.7. The summed E-state index contributed by atoms with van der Waals surface area (Å²) in [6.45, 7) is 21.8. The fraction of sp³-hybridized carbons (Fsp3) is 0.564. The van der Waals surface area contributed by atoms with Crippen molar-refractivity contribution in [3.63, 3.8) is 0 Å². The Labute approximate surface area is 527 Å². The van der Waals surface area contributed by atoms with Crippen LogP contribution in [0.1, 0.15) is 123 Å². The van der Waals surface area contributed by atoms with E-state index in [0.717, 1.165) is 5.56 Å². The number of amides is 2. The Balaban J connectivity index is -0.000000297. The first-order chi connectivity index (χ1) is 38.5. The van der Waals surface area contributed by atoms with Gasteiger partial charge in [0.05, 0.1) is 31.5 Å². The van der Waals surface area contributed by atoms with Gasteiger partial charge in [-0.2, -0.15) is 5.06 Å². The van der Waals surface area contributed by atoms with Gasteiger partial charge in [-0.05, 0) is 133 Å². The summed E-state index contributed by atoms with van der Waals surface area (Å²) in [5, 5.41) is 17.1. The van der Waals surface area contributed by atoms with Gasteiger partial charge in [0.25, 0.3) is 11.8 Å². The molecule has 2 amide bonds. The van der Waals surface area contributed by atoms with Crippen LogP contribution in [-0.4, -0.2) is 125 Å². The van der Waals surface area contributed by atoms with E-state index in [-0.39, 0.29) is 157 Å². The first-order valence-electron chi connectivity index (χ1n) is 25.8. The number of methoxy groups -OCH3 is 2. The van der Waals surface area contributed by atoms with Crippen LogP contribution in [0.15, 0.2) is 59.8 Å². The molecule has 0 unspecified atom stereocenters. The van der Waals surface area contributed by atoms with E-state index < -0.39 is 35.2 Å². The summed E-state index contributed by atoms with van der Waals surface area (Å²) in [6, 6.07) is 9.45. The maximum absolute atomic E-state index is 12.4. The number of ketones is 3. The molecular weight excluding hydrogens is 1190 g/mol. The van der Waals surface area contributed by atoms with E-state index in [2.05, 4.69) is 75.2 Å². The number of aromatic hydroxyl groups is 1. The number of hydroxylamine groups is 2. The molecule has 1 fully saturated rings. The molecular formula is C55H90N10O15S2Y-2. The number of hydrogen-bond donors (Lipinski definition) is 6. The number of ether oxygens (including phenoxy) is 5. The van der Waals surface area contributed by atoms with Crippen LogP contribution in [0.4, 0.5) is 0 Å². The van der Waals surface area contributed by atoms with Crippen LogP contribution >= 0.6 is 25.6 Å². The van der Waals surface area contributed by atoms with Crippen LogP contribution in [0.5, 0.6) is 23.0 Å². The molecule has 0 atom stereocenters. The number of nitrogens with one attached hydrogen (secondary N) is 2. The summed E-state index contributed by atoms with van der Waals surface area (Å²) in [4.78, 5) is 105. The third-order valence-electron chi connectivity index (χ3n) is 10.3. The summed E-state index contributed by atoms with van der Waals surface area (Å²) in [5.74, 6) is -2.22. The molecule has 0 saturated carbocycles. The van der Waals surface area contributed by atoms with Gasteiger partial charge in [0.2, 0.25) is 0 Å². The zero-order chi connectivity index (χ0) is 62.8. The number of Topliss-reactive ketones (excluding diaryl/α,β-unsaturated/α-hetero) is 3. The Morgan fingerprint density at radius 2 is 1.24 bits per heavy atom. The van der Waals surface area contributed by atoms with Gasteiger partial charge in [-0.15, -0.1) is 13.2 Å². The van der Waals surface area contributed by atoms with Crippen LogP contribution in [0.25, 0.3) is 20.9 Å². The van der Waals surface area contributed by atoms with Crippen molar-refractivity contribution >= 4 is 72.7 Å². The fourth-order valence-corrected chi connectivity index (χ4v) is 6.29. The van der Waals surface area contributed by atoms with Crippen LogP contribution in [0.3, 0.4) is 0 Å². The number of aryl methyl sites for hydroxylation is 1. The Morgan fingerprint density at radius 1 is 0.759 bits per heavy atom. The first kappa shape index (κ1) is 88.6. The number of carbonyl (C=O) groups is 8. The molecule has 1 aliphatic rings. The van der Waals surface area contributed by atoms with Crippen molar-refractivity contribution in [2.24, 2.45) is 26.8 Å². The summed E-state index contributed by atoms with van der Waals surface area (Å²) < 4.78 is 30.4. The number of nitrogens with zero attached hydrogens (tertiary/aromatic N) is 7. The van der Waals surface area contributed by atoms with E-state index in [9.17, 15) is 43.5 Å². The smallest absolute Gasteiger partial charge is 0.311 e. The van der Waals surface area contributed by atoms with Crippen molar-refractivity contribution in [2.75, 3.05) is 67.8 Å². The number of thiol groups is 2. The number of benzene rings is 2. The molecule has 2 aromatic carbocycles. The molecule has 3 rings (SSSR count). The zero-order valence-electron chi connectivity index (χ0n) is 50.4. The van der Waals surface area contributed by atoms with Gasteiger partial charge in [0, 0.05) is 101 Å².